The molecule has 0 saturated carbocycles. The molecule has 0 saturated heterocycles. The van der Waals surface area contributed by atoms with Gasteiger partial charge in [0.05, 0.1) is 12.1 Å². The van der Waals surface area contributed by atoms with E-state index >= 15 is 0 Å². The minimum absolute atomic E-state index is 0.119. The Morgan fingerprint density at radius 1 is 1.56 bits per heavy atom. The second-order valence-electron chi connectivity index (χ2n) is 3.50. The summed E-state index contributed by atoms with van der Waals surface area (Å²) in [4.78, 5) is 21.7. The normalized spacial score (nSPS) is 11.9. The molecule has 1 unspecified atom stereocenters. The van der Waals surface area contributed by atoms with Crippen molar-refractivity contribution in [3.05, 3.63) is 28.2 Å². The number of carboxylic acid groups (broad SMARTS) is 1. The number of ether oxygens (including phenoxy) is 1. The number of anilines is 1. The summed E-state index contributed by atoms with van der Waals surface area (Å²) in [5.74, 6) is -1.58. The second-order valence-corrected chi connectivity index (χ2v) is 4.36. The Balaban J connectivity index is 2.72. The lowest BCUT2D eigenvalue weighted by Gasteiger charge is -2.13. The summed E-state index contributed by atoms with van der Waals surface area (Å²) in [6, 6.07) is 4.84. The molecule has 0 radical (unpaired) electrons. The number of hydrogen-bond donors (Lipinski definition) is 3. The van der Waals surface area contributed by atoms with Crippen LogP contribution >= 0.6 is 15.9 Å². The van der Waals surface area contributed by atoms with Gasteiger partial charge in [-0.3, -0.25) is 4.79 Å². The van der Waals surface area contributed by atoms with Gasteiger partial charge in [-0.25, -0.2) is 4.79 Å². The molecule has 1 rings (SSSR count). The van der Waals surface area contributed by atoms with Gasteiger partial charge in [0.25, 0.3) is 0 Å². The van der Waals surface area contributed by atoms with Gasteiger partial charge < -0.3 is 20.9 Å². The third kappa shape index (κ3) is 3.71. The van der Waals surface area contributed by atoms with Gasteiger partial charge in [0.2, 0.25) is 5.91 Å². The Morgan fingerprint density at radius 3 is 2.67 bits per heavy atom. The van der Waals surface area contributed by atoms with Crippen LogP contribution in [0.15, 0.2) is 22.7 Å². The molecule has 98 valence electrons. The average Bonchev–Trinajstić information content (AvgIpc) is 2.28. The first-order chi connectivity index (χ1) is 8.45. The van der Waals surface area contributed by atoms with E-state index in [1.165, 1.54) is 7.11 Å². The van der Waals surface area contributed by atoms with Crippen molar-refractivity contribution >= 4 is 33.5 Å². The standard InChI is InChI=1S/C11H13BrN2O4/c1-18-9(11(16)17)5-14-6-2-3-7(10(13)15)8(12)4-6/h2-4,9,14H,5H2,1H3,(H2,13,15)(H,16,17). The number of halogens is 1. The molecular formula is C11H13BrN2O4. The molecule has 0 spiro atoms. The Labute approximate surface area is 112 Å². The predicted octanol–water partition coefficient (Wildman–Crippen LogP) is 1.06. The van der Waals surface area contributed by atoms with Gasteiger partial charge in [-0.2, -0.15) is 0 Å². The summed E-state index contributed by atoms with van der Waals surface area (Å²) in [5, 5.41) is 11.7. The van der Waals surface area contributed by atoms with Crippen molar-refractivity contribution in [3.8, 4) is 0 Å². The third-order valence-electron chi connectivity index (χ3n) is 2.29. The first-order valence-electron chi connectivity index (χ1n) is 5.04. The van der Waals surface area contributed by atoms with Gasteiger partial charge in [-0.05, 0) is 34.1 Å². The summed E-state index contributed by atoms with van der Waals surface area (Å²) in [5.41, 5.74) is 6.19. The number of methoxy groups -OCH3 is 1. The first-order valence-corrected chi connectivity index (χ1v) is 5.83. The Bertz CT molecular complexity index is 464. The van der Waals surface area contributed by atoms with Crippen molar-refractivity contribution < 1.29 is 19.4 Å². The summed E-state index contributed by atoms with van der Waals surface area (Å²) in [6.07, 6.45) is -0.931. The number of rotatable bonds is 6. The topological polar surface area (TPSA) is 102 Å². The lowest BCUT2D eigenvalue weighted by atomic mass is 10.2. The molecule has 0 fully saturated rings. The smallest absolute Gasteiger partial charge is 0.334 e. The van der Waals surface area contributed by atoms with Crippen LogP contribution in [-0.4, -0.2) is 36.7 Å². The van der Waals surface area contributed by atoms with Crippen LogP contribution in [0.5, 0.6) is 0 Å². The molecular weight excluding hydrogens is 304 g/mol. The lowest BCUT2D eigenvalue weighted by molar-refractivity contribution is -0.147. The Hall–Kier alpha value is -1.60. The zero-order chi connectivity index (χ0) is 13.7. The largest absolute Gasteiger partial charge is 0.479 e. The van der Waals surface area contributed by atoms with Crippen LogP contribution in [0.1, 0.15) is 10.4 Å². The Kier molecular flexibility index (Phi) is 5.11. The number of nitrogens with two attached hydrogens (primary N) is 1. The number of carbonyl (C=O) groups excluding carboxylic acids is 1. The van der Waals surface area contributed by atoms with Crippen LogP contribution in [-0.2, 0) is 9.53 Å². The summed E-state index contributed by atoms with van der Waals surface area (Å²) in [7, 11) is 1.33. The zero-order valence-electron chi connectivity index (χ0n) is 9.64. The SMILES string of the molecule is COC(CNc1ccc(C(N)=O)c(Br)c1)C(=O)O. The van der Waals surface area contributed by atoms with E-state index in [4.69, 9.17) is 15.6 Å². The number of carbonyl (C=O) groups is 2. The molecule has 1 aromatic rings. The van der Waals surface area contributed by atoms with E-state index in [9.17, 15) is 9.59 Å². The molecule has 1 aromatic carbocycles. The van der Waals surface area contributed by atoms with Crippen molar-refractivity contribution in [2.45, 2.75) is 6.10 Å². The fourth-order valence-electron chi connectivity index (χ4n) is 1.31. The second kappa shape index (κ2) is 6.36. The number of benzene rings is 1. The van der Waals surface area contributed by atoms with Crippen LogP contribution in [0.2, 0.25) is 0 Å². The van der Waals surface area contributed by atoms with Crippen LogP contribution in [0.4, 0.5) is 5.69 Å². The molecule has 0 aliphatic rings. The molecule has 18 heavy (non-hydrogen) atoms. The highest BCUT2D eigenvalue weighted by molar-refractivity contribution is 9.10. The number of carboxylic acids is 1. The zero-order valence-corrected chi connectivity index (χ0v) is 11.2. The number of aliphatic carboxylic acids is 1. The molecule has 1 atom stereocenters. The van der Waals surface area contributed by atoms with Gasteiger partial charge in [0, 0.05) is 17.3 Å². The van der Waals surface area contributed by atoms with Gasteiger partial charge in [0.15, 0.2) is 6.10 Å². The van der Waals surface area contributed by atoms with Gasteiger partial charge >= 0.3 is 5.97 Å². The summed E-state index contributed by atoms with van der Waals surface area (Å²) in [6.45, 7) is 0.119. The molecule has 7 heteroatoms. The molecule has 6 nitrogen and oxygen atoms in total. The van der Waals surface area contributed by atoms with Crippen molar-refractivity contribution in [1.82, 2.24) is 0 Å². The van der Waals surface area contributed by atoms with E-state index in [0.717, 1.165) is 0 Å². The lowest BCUT2D eigenvalue weighted by Crippen LogP contribution is -2.30. The fraction of sp³-hybridized carbons (Fsp3) is 0.273. The van der Waals surface area contributed by atoms with E-state index in [1.807, 2.05) is 0 Å². The van der Waals surface area contributed by atoms with E-state index < -0.39 is 18.0 Å². The molecule has 4 N–H and O–H groups in total. The highest BCUT2D eigenvalue weighted by Gasteiger charge is 2.16. The maximum atomic E-state index is 11.0. The van der Waals surface area contributed by atoms with Crippen LogP contribution in [0.25, 0.3) is 0 Å². The average molecular weight is 317 g/mol. The monoisotopic (exact) mass is 316 g/mol. The maximum Gasteiger partial charge on any atom is 0.334 e. The van der Waals surface area contributed by atoms with Crippen molar-refractivity contribution in [2.24, 2.45) is 5.73 Å². The van der Waals surface area contributed by atoms with E-state index in [1.54, 1.807) is 18.2 Å². The molecule has 0 aliphatic heterocycles. The Morgan fingerprint density at radius 2 is 2.22 bits per heavy atom. The predicted molar refractivity (Wildman–Crippen MR) is 69.6 cm³/mol. The van der Waals surface area contributed by atoms with Gasteiger partial charge in [-0.15, -0.1) is 0 Å². The maximum absolute atomic E-state index is 11.0. The quantitative estimate of drug-likeness (QED) is 0.728. The minimum Gasteiger partial charge on any atom is -0.479 e. The highest BCUT2D eigenvalue weighted by atomic mass is 79.9. The molecule has 0 bridgehead atoms. The molecule has 0 heterocycles. The summed E-state index contributed by atoms with van der Waals surface area (Å²) >= 11 is 3.21. The van der Waals surface area contributed by atoms with Gasteiger partial charge in [0.1, 0.15) is 0 Å². The van der Waals surface area contributed by atoms with Crippen molar-refractivity contribution in [2.75, 3.05) is 19.0 Å². The van der Waals surface area contributed by atoms with Crippen molar-refractivity contribution in [1.29, 1.82) is 0 Å². The van der Waals surface area contributed by atoms with Crippen LogP contribution in [0, 0.1) is 0 Å². The van der Waals surface area contributed by atoms with Crippen LogP contribution < -0.4 is 11.1 Å². The number of primary amides is 1. The number of nitrogens with one attached hydrogen (secondary N) is 1. The number of amides is 1. The third-order valence-corrected chi connectivity index (χ3v) is 2.94. The minimum atomic E-state index is -1.04. The molecule has 1 amide bonds. The number of hydrogen-bond acceptors (Lipinski definition) is 4. The molecule has 0 aromatic heterocycles. The van der Waals surface area contributed by atoms with Crippen molar-refractivity contribution in [3.63, 3.8) is 0 Å². The van der Waals surface area contributed by atoms with E-state index in [2.05, 4.69) is 21.2 Å². The van der Waals surface area contributed by atoms with E-state index in [0.29, 0.717) is 15.7 Å². The van der Waals surface area contributed by atoms with E-state index in [-0.39, 0.29) is 6.54 Å². The van der Waals surface area contributed by atoms with Gasteiger partial charge in [-0.1, -0.05) is 0 Å². The van der Waals surface area contributed by atoms with Crippen LogP contribution in [0.3, 0.4) is 0 Å². The first kappa shape index (κ1) is 14.5. The highest BCUT2D eigenvalue weighted by Crippen LogP contribution is 2.21. The molecule has 0 aliphatic carbocycles. The fourth-order valence-corrected chi connectivity index (χ4v) is 1.88. The summed E-state index contributed by atoms with van der Waals surface area (Å²) < 4.78 is 5.32.